The number of rotatable bonds is 5. The van der Waals surface area contributed by atoms with E-state index in [2.05, 4.69) is 35.8 Å². The minimum atomic E-state index is 0.372. The summed E-state index contributed by atoms with van der Waals surface area (Å²) in [5.41, 5.74) is 2.66. The van der Waals surface area contributed by atoms with E-state index in [0.29, 0.717) is 6.04 Å². The Morgan fingerprint density at radius 2 is 2.17 bits per heavy atom. The maximum Gasteiger partial charge on any atom is 0.119 e. The van der Waals surface area contributed by atoms with Crippen LogP contribution >= 0.6 is 11.3 Å². The average Bonchev–Trinajstić information content (AvgIpc) is 2.82. The molecule has 3 heteroatoms. The number of thiophene rings is 1. The van der Waals surface area contributed by atoms with E-state index in [0.717, 1.165) is 12.2 Å². The molecule has 1 heterocycles. The largest absolute Gasteiger partial charge is 0.497 e. The van der Waals surface area contributed by atoms with Gasteiger partial charge in [-0.05, 0) is 55.1 Å². The minimum absolute atomic E-state index is 0.372. The van der Waals surface area contributed by atoms with E-state index in [-0.39, 0.29) is 0 Å². The van der Waals surface area contributed by atoms with Gasteiger partial charge in [-0.15, -0.1) is 11.3 Å². The molecule has 0 aliphatic heterocycles. The summed E-state index contributed by atoms with van der Waals surface area (Å²) in [5, 5.41) is 5.55. The molecule has 2 aromatic rings. The van der Waals surface area contributed by atoms with Gasteiger partial charge in [0.05, 0.1) is 7.11 Å². The van der Waals surface area contributed by atoms with E-state index in [1.165, 1.54) is 16.0 Å². The summed E-state index contributed by atoms with van der Waals surface area (Å²) >= 11 is 1.82. The Morgan fingerprint density at radius 3 is 2.78 bits per heavy atom. The van der Waals surface area contributed by atoms with Gasteiger partial charge in [0.25, 0.3) is 0 Å². The number of hydrogen-bond donors (Lipinski definition) is 1. The lowest BCUT2D eigenvalue weighted by Crippen LogP contribution is -2.18. The molecule has 2 nitrogen and oxygen atoms in total. The molecule has 0 radical (unpaired) electrons. The highest BCUT2D eigenvalue weighted by atomic mass is 32.1. The van der Waals surface area contributed by atoms with Gasteiger partial charge in [0.1, 0.15) is 5.75 Å². The molecular formula is C15H19NOS. The number of nitrogens with one attached hydrogen (secondary N) is 1. The van der Waals surface area contributed by atoms with Crippen LogP contribution in [0.25, 0.3) is 0 Å². The quantitative estimate of drug-likeness (QED) is 0.888. The number of aryl methyl sites for hydroxylation is 1. The molecule has 18 heavy (non-hydrogen) atoms. The summed E-state index contributed by atoms with van der Waals surface area (Å²) < 4.78 is 5.27. The highest BCUT2D eigenvalue weighted by Crippen LogP contribution is 2.27. The average molecular weight is 261 g/mol. The molecule has 0 amide bonds. The second kappa shape index (κ2) is 6.03. The summed E-state index contributed by atoms with van der Waals surface area (Å²) in [6, 6.07) is 10.8. The van der Waals surface area contributed by atoms with Crippen LogP contribution in [0.1, 0.15) is 22.0 Å². The first-order valence-electron chi connectivity index (χ1n) is 6.08. The zero-order valence-corrected chi connectivity index (χ0v) is 11.9. The van der Waals surface area contributed by atoms with Gasteiger partial charge in [-0.3, -0.25) is 0 Å². The topological polar surface area (TPSA) is 21.3 Å². The van der Waals surface area contributed by atoms with E-state index < -0.39 is 0 Å². The molecule has 1 N–H and O–H groups in total. The Balaban J connectivity index is 2.18. The molecule has 0 bridgehead atoms. The molecule has 0 aliphatic rings. The Kier molecular flexibility index (Phi) is 4.39. The van der Waals surface area contributed by atoms with E-state index in [4.69, 9.17) is 4.74 Å². The van der Waals surface area contributed by atoms with Crippen molar-refractivity contribution >= 4 is 11.3 Å². The molecular weight excluding hydrogens is 242 g/mol. The first-order chi connectivity index (χ1) is 8.74. The van der Waals surface area contributed by atoms with Gasteiger partial charge >= 0.3 is 0 Å². The van der Waals surface area contributed by atoms with E-state index in [1.54, 1.807) is 7.11 Å². The zero-order chi connectivity index (χ0) is 13.0. The van der Waals surface area contributed by atoms with Crippen LogP contribution in [0, 0.1) is 6.92 Å². The van der Waals surface area contributed by atoms with Crippen molar-refractivity contribution in [2.45, 2.75) is 19.4 Å². The highest BCUT2D eigenvalue weighted by Gasteiger charge is 2.14. The molecule has 1 unspecified atom stereocenters. The van der Waals surface area contributed by atoms with E-state index in [1.807, 2.05) is 30.5 Å². The van der Waals surface area contributed by atoms with Crippen LogP contribution in [0.3, 0.4) is 0 Å². The molecule has 0 saturated heterocycles. The molecule has 1 aromatic heterocycles. The second-order valence-electron chi connectivity index (χ2n) is 4.36. The molecule has 0 saturated carbocycles. The summed E-state index contributed by atoms with van der Waals surface area (Å²) in [7, 11) is 3.72. The number of benzene rings is 1. The van der Waals surface area contributed by atoms with Crippen LogP contribution in [-0.4, -0.2) is 14.2 Å². The molecule has 1 aromatic carbocycles. The van der Waals surface area contributed by atoms with Crippen LogP contribution < -0.4 is 10.1 Å². The van der Waals surface area contributed by atoms with Crippen molar-refractivity contribution in [2.75, 3.05) is 14.2 Å². The lowest BCUT2D eigenvalue weighted by molar-refractivity contribution is 0.414. The standard InChI is InChI=1S/C15H19NOS/c1-11-7-8-18-15(11)14(16-2)10-12-5-4-6-13(9-12)17-3/h4-9,14,16H,10H2,1-3H3. The number of ether oxygens (including phenoxy) is 1. The van der Waals surface area contributed by atoms with Crippen LogP contribution in [0.4, 0.5) is 0 Å². The van der Waals surface area contributed by atoms with Gasteiger partial charge in [-0.25, -0.2) is 0 Å². The predicted molar refractivity (Wildman–Crippen MR) is 77.6 cm³/mol. The third kappa shape index (κ3) is 2.92. The first kappa shape index (κ1) is 13.1. The Hall–Kier alpha value is -1.32. The lowest BCUT2D eigenvalue weighted by atomic mass is 10.0. The maximum absolute atomic E-state index is 5.27. The Morgan fingerprint density at radius 1 is 1.33 bits per heavy atom. The predicted octanol–water partition coefficient (Wildman–Crippen LogP) is 3.57. The SMILES string of the molecule is CNC(Cc1cccc(OC)c1)c1sccc1C. The van der Waals surface area contributed by atoms with E-state index >= 15 is 0 Å². The monoisotopic (exact) mass is 261 g/mol. The number of methoxy groups -OCH3 is 1. The lowest BCUT2D eigenvalue weighted by Gasteiger charge is -2.16. The first-order valence-corrected chi connectivity index (χ1v) is 6.96. The van der Waals surface area contributed by atoms with Gasteiger partial charge in [0.2, 0.25) is 0 Å². The smallest absolute Gasteiger partial charge is 0.119 e. The van der Waals surface area contributed by atoms with Crippen LogP contribution in [0.2, 0.25) is 0 Å². The fourth-order valence-electron chi connectivity index (χ4n) is 2.10. The van der Waals surface area contributed by atoms with Gasteiger partial charge < -0.3 is 10.1 Å². The fourth-order valence-corrected chi connectivity index (χ4v) is 3.14. The summed E-state index contributed by atoms with van der Waals surface area (Å²) in [4.78, 5) is 1.42. The second-order valence-corrected chi connectivity index (χ2v) is 5.31. The molecule has 2 rings (SSSR count). The molecule has 0 aliphatic carbocycles. The summed E-state index contributed by atoms with van der Waals surface area (Å²) in [5.74, 6) is 0.922. The van der Waals surface area contributed by atoms with Crippen molar-refractivity contribution < 1.29 is 4.74 Å². The van der Waals surface area contributed by atoms with Crippen molar-refractivity contribution in [1.29, 1.82) is 0 Å². The molecule has 0 spiro atoms. The molecule has 96 valence electrons. The van der Waals surface area contributed by atoms with Gasteiger partial charge in [0, 0.05) is 10.9 Å². The van der Waals surface area contributed by atoms with Gasteiger partial charge in [0.15, 0.2) is 0 Å². The van der Waals surface area contributed by atoms with Crippen molar-refractivity contribution in [3.05, 3.63) is 51.7 Å². The van der Waals surface area contributed by atoms with Crippen LogP contribution in [-0.2, 0) is 6.42 Å². The Bertz CT molecular complexity index is 507. The van der Waals surface area contributed by atoms with Crippen molar-refractivity contribution in [1.82, 2.24) is 5.32 Å². The fraction of sp³-hybridized carbons (Fsp3) is 0.333. The third-order valence-corrected chi connectivity index (χ3v) is 4.27. The number of hydrogen-bond acceptors (Lipinski definition) is 3. The highest BCUT2D eigenvalue weighted by molar-refractivity contribution is 7.10. The van der Waals surface area contributed by atoms with Crippen LogP contribution in [0.5, 0.6) is 5.75 Å². The Labute approximate surface area is 113 Å². The zero-order valence-electron chi connectivity index (χ0n) is 11.1. The number of likely N-dealkylation sites (N-methyl/N-ethyl adjacent to an activating group) is 1. The van der Waals surface area contributed by atoms with Crippen molar-refractivity contribution in [3.63, 3.8) is 0 Å². The van der Waals surface area contributed by atoms with Crippen molar-refractivity contribution in [2.24, 2.45) is 0 Å². The minimum Gasteiger partial charge on any atom is -0.497 e. The third-order valence-electron chi connectivity index (χ3n) is 3.14. The summed E-state index contributed by atoms with van der Waals surface area (Å²) in [6.45, 7) is 2.17. The van der Waals surface area contributed by atoms with Gasteiger partial charge in [-0.2, -0.15) is 0 Å². The normalized spacial score (nSPS) is 12.4. The van der Waals surface area contributed by atoms with Crippen molar-refractivity contribution in [3.8, 4) is 5.75 Å². The summed E-state index contributed by atoms with van der Waals surface area (Å²) in [6.07, 6.45) is 0.981. The molecule has 1 atom stereocenters. The van der Waals surface area contributed by atoms with E-state index in [9.17, 15) is 0 Å². The van der Waals surface area contributed by atoms with Crippen LogP contribution in [0.15, 0.2) is 35.7 Å². The molecule has 0 fully saturated rings. The van der Waals surface area contributed by atoms with Gasteiger partial charge in [-0.1, -0.05) is 12.1 Å². The maximum atomic E-state index is 5.27.